The first kappa shape index (κ1) is 16.1. The molecule has 6 heteroatoms. The smallest absolute Gasteiger partial charge is 0.169 e. The lowest BCUT2D eigenvalue weighted by Crippen LogP contribution is -2.07. The number of nitrogens with two attached hydrogens (primary N) is 1. The average molecular weight is 344 g/mol. The van der Waals surface area contributed by atoms with Crippen LogP contribution in [0.4, 0.5) is 5.82 Å². The summed E-state index contributed by atoms with van der Waals surface area (Å²) in [6.45, 7) is 2.74. The third-order valence-corrected chi connectivity index (χ3v) is 4.45. The molecule has 2 N–H and O–H groups in total. The highest BCUT2D eigenvalue weighted by Gasteiger charge is 2.18. The van der Waals surface area contributed by atoms with Gasteiger partial charge in [0.1, 0.15) is 11.6 Å². The predicted octanol–water partition coefficient (Wildman–Crippen LogP) is 3.26. The second kappa shape index (κ2) is 6.84. The fraction of sp³-hybridized carbons (Fsp3) is 0.150. The van der Waals surface area contributed by atoms with Gasteiger partial charge in [0, 0.05) is 6.54 Å². The van der Waals surface area contributed by atoms with E-state index in [1.54, 1.807) is 10.9 Å². The Morgan fingerprint density at radius 1 is 0.923 bits per heavy atom. The zero-order valence-corrected chi connectivity index (χ0v) is 14.6. The molecule has 0 saturated heterocycles. The van der Waals surface area contributed by atoms with Crippen molar-refractivity contribution in [3.8, 4) is 17.1 Å². The number of aromatic nitrogens is 5. The lowest BCUT2D eigenvalue weighted by molar-refractivity contribution is 0.679. The monoisotopic (exact) mass is 344 g/mol. The number of hydrogen-bond donors (Lipinski definition) is 1. The van der Waals surface area contributed by atoms with Crippen LogP contribution in [0, 0.1) is 6.92 Å². The van der Waals surface area contributed by atoms with E-state index in [4.69, 9.17) is 5.73 Å². The Morgan fingerprint density at radius 2 is 1.62 bits per heavy atom. The number of hydrogen-bond acceptors (Lipinski definition) is 4. The van der Waals surface area contributed by atoms with Gasteiger partial charge in [-0.1, -0.05) is 48.5 Å². The Bertz CT molecular complexity index is 1000. The second-order valence-electron chi connectivity index (χ2n) is 6.15. The highest BCUT2D eigenvalue weighted by atomic mass is 15.3. The van der Waals surface area contributed by atoms with Gasteiger partial charge in [-0.2, -0.15) is 5.10 Å². The summed E-state index contributed by atoms with van der Waals surface area (Å²) in [4.78, 5) is 0. The molecule has 130 valence electrons. The Labute approximate surface area is 151 Å². The van der Waals surface area contributed by atoms with Gasteiger partial charge in [-0.25, -0.2) is 4.68 Å². The van der Waals surface area contributed by atoms with Gasteiger partial charge < -0.3 is 10.3 Å². The molecule has 0 spiro atoms. The normalized spacial score (nSPS) is 11.0. The van der Waals surface area contributed by atoms with Crippen molar-refractivity contribution in [1.82, 2.24) is 24.5 Å². The summed E-state index contributed by atoms with van der Waals surface area (Å²) in [5.74, 6) is 2.17. The SMILES string of the molecule is Cc1nnc(-c2cnn(-c3ccccc3)c2N)n1CCc1ccccc1. The van der Waals surface area contributed by atoms with Gasteiger partial charge in [0.05, 0.1) is 17.4 Å². The van der Waals surface area contributed by atoms with Gasteiger partial charge in [-0.05, 0) is 31.0 Å². The maximum Gasteiger partial charge on any atom is 0.169 e. The van der Waals surface area contributed by atoms with Crippen molar-refractivity contribution in [2.24, 2.45) is 0 Å². The van der Waals surface area contributed by atoms with Crippen LogP contribution < -0.4 is 5.73 Å². The van der Waals surface area contributed by atoms with E-state index >= 15 is 0 Å². The van der Waals surface area contributed by atoms with Crippen molar-refractivity contribution in [2.45, 2.75) is 19.9 Å². The van der Waals surface area contributed by atoms with Crippen molar-refractivity contribution in [3.05, 3.63) is 78.2 Å². The van der Waals surface area contributed by atoms with E-state index in [-0.39, 0.29) is 0 Å². The van der Waals surface area contributed by atoms with E-state index < -0.39 is 0 Å². The molecule has 2 aromatic carbocycles. The first-order valence-corrected chi connectivity index (χ1v) is 8.57. The van der Waals surface area contributed by atoms with E-state index in [1.807, 2.05) is 43.3 Å². The van der Waals surface area contributed by atoms with Crippen LogP contribution in [0.2, 0.25) is 0 Å². The minimum Gasteiger partial charge on any atom is -0.383 e. The highest BCUT2D eigenvalue weighted by molar-refractivity contribution is 5.69. The lowest BCUT2D eigenvalue weighted by Gasteiger charge is -2.09. The molecule has 0 aliphatic heterocycles. The molecule has 0 fully saturated rings. The zero-order valence-electron chi connectivity index (χ0n) is 14.6. The van der Waals surface area contributed by atoms with Crippen LogP contribution in [0.15, 0.2) is 66.9 Å². The number of nitrogens with zero attached hydrogens (tertiary/aromatic N) is 5. The van der Waals surface area contributed by atoms with E-state index in [2.05, 4.69) is 44.1 Å². The van der Waals surface area contributed by atoms with E-state index in [9.17, 15) is 0 Å². The standard InChI is InChI=1S/C20H20N6/c1-15-23-24-20(25(15)13-12-16-8-4-2-5-9-16)18-14-22-26(19(18)21)17-10-6-3-7-11-17/h2-11,14H,12-13,21H2,1H3. The molecule has 4 aromatic rings. The van der Waals surface area contributed by atoms with Crippen molar-refractivity contribution in [3.63, 3.8) is 0 Å². The van der Waals surface area contributed by atoms with Crippen LogP contribution in [0.5, 0.6) is 0 Å². The Balaban J connectivity index is 1.66. The summed E-state index contributed by atoms with van der Waals surface area (Å²) in [7, 11) is 0. The highest BCUT2D eigenvalue weighted by Crippen LogP contribution is 2.27. The maximum atomic E-state index is 6.37. The average Bonchev–Trinajstić information content (AvgIpc) is 3.24. The summed E-state index contributed by atoms with van der Waals surface area (Å²) < 4.78 is 3.82. The number of nitrogen functional groups attached to an aromatic ring is 1. The van der Waals surface area contributed by atoms with Gasteiger partial charge >= 0.3 is 0 Å². The Hall–Kier alpha value is -3.41. The van der Waals surface area contributed by atoms with Crippen LogP contribution in [-0.2, 0) is 13.0 Å². The molecule has 6 nitrogen and oxygen atoms in total. The first-order chi connectivity index (χ1) is 12.7. The predicted molar refractivity (Wildman–Crippen MR) is 102 cm³/mol. The molecule has 0 bridgehead atoms. The van der Waals surface area contributed by atoms with Gasteiger partial charge in [0.15, 0.2) is 5.82 Å². The molecular weight excluding hydrogens is 324 g/mol. The van der Waals surface area contributed by atoms with Gasteiger partial charge in [0.2, 0.25) is 0 Å². The molecular formula is C20H20N6. The van der Waals surface area contributed by atoms with E-state index in [1.165, 1.54) is 5.56 Å². The van der Waals surface area contributed by atoms with Crippen LogP contribution in [-0.4, -0.2) is 24.5 Å². The Morgan fingerprint density at radius 3 is 2.35 bits per heavy atom. The molecule has 0 aliphatic carbocycles. The summed E-state index contributed by atoms with van der Waals surface area (Å²) in [5, 5.41) is 13.0. The lowest BCUT2D eigenvalue weighted by atomic mass is 10.1. The molecule has 4 rings (SSSR count). The largest absolute Gasteiger partial charge is 0.383 e. The van der Waals surface area contributed by atoms with Gasteiger partial charge in [-0.3, -0.25) is 0 Å². The number of aryl methyl sites for hydroxylation is 2. The van der Waals surface area contributed by atoms with Crippen LogP contribution >= 0.6 is 0 Å². The zero-order chi connectivity index (χ0) is 17.9. The molecule has 0 unspecified atom stereocenters. The molecule has 26 heavy (non-hydrogen) atoms. The number of para-hydroxylation sites is 1. The molecule has 0 radical (unpaired) electrons. The molecule has 2 heterocycles. The first-order valence-electron chi connectivity index (χ1n) is 8.57. The molecule has 2 aromatic heterocycles. The van der Waals surface area contributed by atoms with Crippen LogP contribution in [0.1, 0.15) is 11.4 Å². The van der Waals surface area contributed by atoms with Gasteiger partial charge in [0.25, 0.3) is 0 Å². The van der Waals surface area contributed by atoms with Crippen molar-refractivity contribution in [1.29, 1.82) is 0 Å². The Kier molecular flexibility index (Phi) is 4.23. The second-order valence-corrected chi connectivity index (χ2v) is 6.15. The van der Waals surface area contributed by atoms with Crippen LogP contribution in [0.25, 0.3) is 17.1 Å². The number of benzene rings is 2. The fourth-order valence-electron chi connectivity index (χ4n) is 3.04. The number of anilines is 1. The van der Waals surface area contributed by atoms with Crippen LogP contribution in [0.3, 0.4) is 0 Å². The maximum absolute atomic E-state index is 6.37. The minimum absolute atomic E-state index is 0.560. The topological polar surface area (TPSA) is 74.6 Å². The van der Waals surface area contributed by atoms with Crippen molar-refractivity contribution in [2.75, 3.05) is 5.73 Å². The molecule has 0 amide bonds. The quantitative estimate of drug-likeness (QED) is 0.603. The fourth-order valence-corrected chi connectivity index (χ4v) is 3.04. The molecule has 0 aliphatic rings. The summed E-state index contributed by atoms with van der Waals surface area (Å²) in [6, 6.07) is 20.2. The summed E-state index contributed by atoms with van der Waals surface area (Å²) in [5.41, 5.74) is 9.36. The van der Waals surface area contributed by atoms with E-state index in [0.29, 0.717) is 5.82 Å². The van der Waals surface area contributed by atoms with E-state index in [0.717, 1.165) is 35.9 Å². The number of rotatable bonds is 5. The molecule has 0 saturated carbocycles. The third kappa shape index (κ3) is 2.97. The van der Waals surface area contributed by atoms with Crippen molar-refractivity contribution >= 4 is 5.82 Å². The summed E-state index contributed by atoms with van der Waals surface area (Å²) in [6.07, 6.45) is 2.66. The van der Waals surface area contributed by atoms with Gasteiger partial charge in [-0.15, -0.1) is 10.2 Å². The third-order valence-electron chi connectivity index (χ3n) is 4.45. The minimum atomic E-state index is 0.560. The summed E-state index contributed by atoms with van der Waals surface area (Å²) >= 11 is 0. The molecule has 0 atom stereocenters. The van der Waals surface area contributed by atoms with Crippen molar-refractivity contribution < 1.29 is 0 Å².